The largest absolute Gasteiger partial charge is 0.395 e. The Kier molecular flexibility index (Phi) is 6.31. The number of hydrogen-bond donors (Lipinski definition) is 2. The van der Waals surface area contributed by atoms with Crippen LogP contribution in [0.2, 0.25) is 0 Å². The van der Waals surface area contributed by atoms with E-state index in [4.69, 9.17) is 14.7 Å². The van der Waals surface area contributed by atoms with Crippen molar-refractivity contribution in [3.8, 4) is 11.3 Å². The van der Waals surface area contributed by atoms with Gasteiger partial charge in [0.25, 0.3) is 0 Å². The van der Waals surface area contributed by atoms with Crippen LogP contribution in [-0.4, -0.2) is 61.0 Å². The SMILES string of the molecule is Cc1nnn(C)c1-c1cnc2c3ccc(NCCO)nc3n(C(c3ccccc3)C3CCOCC3)c2c1. The van der Waals surface area contributed by atoms with Crippen molar-refractivity contribution in [1.82, 2.24) is 29.5 Å². The molecule has 9 heteroatoms. The van der Waals surface area contributed by atoms with Gasteiger partial charge >= 0.3 is 0 Å². The quantitative estimate of drug-likeness (QED) is 0.349. The second-order valence-electron chi connectivity index (χ2n) is 9.63. The second kappa shape index (κ2) is 9.91. The van der Waals surface area contributed by atoms with Crippen LogP contribution >= 0.6 is 0 Å². The second-order valence-corrected chi connectivity index (χ2v) is 9.63. The summed E-state index contributed by atoms with van der Waals surface area (Å²) in [5, 5.41) is 22.1. The first-order valence-electron chi connectivity index (χ1n) is 12.8. The van der Waals surface area contributed by atoms with Gasteiger partial charge in [0.2, 0.25) is 0 Å². The highest BCUT2D eigenvalue weighted by Crippen LogP contribution is 2.41. The van der Waals surface area contributed by atoms with E-state index in [0.717, 1.165) is 70.9 Å². The van der Waals surface area contributed by atoms with Gasteiger partial charge in [-0.3, -0.25) is 4.98 Å². The number of ether oxygens (including phenoxy) is 1. The summed E-state index contributed by atoms with van der Waals surface area (Å²) >= 11 is 0. The van der Waals surface area contributed by atoms with E-state index in [1.165, 1.54) is 5.56 Å². The van der Waals surface area contributed by atoms with Gasteiger partial charge in [-0.05, 0) is 49.4 Å². The number of aliphatic hydroxyl groups is 1. The molecule has 6 rings (SSSR count). The van der Waals surface area contributed by atoms with Gasteiger partial charge in [0.1, 0.15) is 11.5 Å². The maximum atomic E-state index is 9.35. The molecule has 9 nitrogen and oxygen atoms in total. The van der Waals surface area contributed by atoms with Crippen LogP contribution in [0.15, 0.2) is 54.7 Å². The van der Waals surface area contributed by atoms with E-state index in [-0.39, 0.29) is 12.6 Å². The lowest BCUT2D eigenvalue weighted by atomic mass is 9.86. The number of aryl methyl sites for hydroxylation is 2. The van der Waals surface area contributed by atoms with Crippen LogP contribution in [0.3, 0.4) is 0 Å². The van der Waals surface area contributed by atoms with Crippen molar-refractivity contribution in [3.63, 3.8) is 0 Å². The zero-order valence-electron chi connectivity index (χ0n) is 21.1. The number of hydrogen-bond acceptors (Lipinski definition) is 7. The number of nitrogens with zero attached hydrogens (tertiary/aromatic N) is 6. The van der Waals surface area contributed by atoms with Crippen LogP contribution in [0.4, 0.5) is 5.82 Å². The molecule has 1 saturated heterocycles. The lowest BCUT2D eigenvalue weighted by molar-refractivity contribution is 0.0552. The van der Waals surface area contributed by atoms with Crippen LogP contribution in [0.5, 0.6) is 0 Å². The first-order valence-corrected chi connectivity index (χ1v) is 12.8. The molecule has 5 aromatic rings. The van der Waals surface area contributed by atoms with E-state index in [0.29, 0.717) is 12.5 Å². The van der Waals surface area contributed by atoms with Gasteiger partial charge in [-0.15, -0.1) is 5.10 Å². The number of pyridine rings is 2. The molecular formula is C28H31N7O2. The molecule has 5 heterocycles. The Bertz CT molecular complexity index is 1520. The van der Waals surface area contributed by atoms with Gasteiger partial charge in [-0.2, -0.15) is 0 Å². The molecule has 37 heavy (non-hydrogen) atoms. The molecule has 0 radical (unpaired) electrons. The van der Waals surface area contributed by atoms with Crippen LogP contribution < -0.4 is 5.32 Å². The summed E-state index contributed by atoms with van der Waals surface area (Å²) in [5.41, 5.74) is 6.85. The van der Waals surface area contributed by atoms with E-state index in [2.05, 4.69) is 62.7 Å². The normalized spacial score (nSPS) is 15.4. The van der Waals surface area contributed by atoms with Gasteiger partial charge in [-0.1, -0.05) is 35.5 Å². The fourth-order valence-corrected chi connectivity index (χ4v) is 5.64. The highest BCUT2D eigenvalue weighted by Gasteiger charge is 2.31. The predicted octanol–water partition coefficient (Wildman–Crippen LogP) is 4.11. The fourth-order valence-electron chi connectivity index (χ4n) is 5.64. The Morgan fingerprint density at radius 3 is 2.68 bits per heavy atom. The van der Waals surface area contributed by atoms with Crippen LogP contribution in [0, 0.1) is 12.8 Å². The molecule has 1 aromatic carbocycles. The molecule has 0 saturated carbocycles. The molecule has 1 atom stereocenters. The lowest BCUT2D eigenvalue weighted by Crippen LogP contribution is -2.27. The molecule has 1 aliphatic rings. The summed E-state index contributed by atoms with van der Waals surface area (Å²) in [5.74, 6) is 1.12. The molecule has 4 aromatic heterocycles. The summed E-state index contributed by atoms with van der Waals surface area (Å²) in [7, 11) is 1.91. The Labute approximate surface area is 215 Å². The van der Waals surface area contributed by atoms with E-state index >= 15 is 0 Å². The highest BCUT2D eigenvalue weighted by atomic mass is 16.5. The number of nitrogens with one attached hydrogen (secondary N) is 1. The molecule has 0 amide bonds. The van der Waals surface area contributed by atoms with Gasteiger partial charge in [0.15, 0.2) is 0 Å². The third kappa shape index (κ3) is 4.24. The fraction of sp³-hybridized carbons (Fsp3) is 0.357. The van der Waals surface area contributed by atoms with E-state index in [1.807, 2.05) is 26.2 Å². The van der Waals surface area contributed by atoms with Crippen molar-refractivity contribution in [1.29, 1.82) is 0 Å². The molecule has 0 bridgehead atoms. The van der Waals surface area contributed by atoms with E-state index in [1.54, 1.807) is 4.68 Å². The van der Waals surface area contributed by atoms with E-state index in [9.17, 15) is 5.11 Å². The lowest BCUT2D eigenvalue weighted by Gasteiger charge is -2.32. The van der Waals surface area contributed by atoms with Crippen molar-refractivity contribution in [2.24, 2.45) is 13.0 Å². The van der Waals surface area contributed by atoms with Crippen LogP contribution in [0.1, 0.15) is 30.1 Å². The Morgan fingerprint density at radius 1 is 1.14 bits per heavy atom. The smallest absolute Gasteiger partial charge is 0.145 e. The summed E-state index contributed by atoms with van der Waals surface area (Å²) in [4.78, 5) is 10.0. The Morgan fingerprint density at radius 2 is 1.95 bits per heavy atom. The highest BCUT2D eigenvalue weighted by molar-refractivity contribution is 6.05. The molecule has 190 valence electrons. The van der Waals surface area contributed by atoms with Gasteiger partial charge in [0.05, 0.1) is 35.1 Å². The minimum Gasteiger partial charge on any atom is -0.395 e. The van der Waals surface area contributed by atoms with Gasteiger partial charge < -0.3 is 19.7 Å². The van der Waals surface area contributed by atoms with Crippen molar-refractivity contribution < 1.29 is 9.84 Å². The molecule has 2 N–H and O–H groups in total. The monoisotopic (exact) mass is 497 g/mol. The van der Waals surface area contributed by atoms with Crippen LogP contribution in [-0.2, 0) is 11.8 Å². The standard InChI is InChI=1S/C28H31N7O2/c1-18-26(34(2)33-32-18)21-16-23-25(30-17-21)22-8-9-24(29-12-13-36)31-28(22)35(23)27(19-6-4-3-5-7-19)20-10-14-37-15-11-20/h3-9,16-17,20,27,36H,10-15H2,1-2H3,(H,29,31). The van der Waals surface area contributed by atoms with Crippen molar-refractivity contribution in [2.75, 3.05) is 31.7 Å². The van der Waals surface area contributed by atoms with Crippen LogP contribution in [0.25, 0.3) is 33.3 Å². The number of anilines is 1. The number of aliphatic hydroxyl groups excluding tert-OH is 1. The summed E-state index contributed by atoms with van der Waals surface area (Å²) in [6, 6.07) is 17.0. The molecule has 1 fully saturated rings. The summed E-state index contributed by atoms with van der Waals surface area (Å²) in [6.07, 6.45) is 3.85. The van der Waals surface area contributed by atoms with Crippen molar-refractivity contribution in [2.45, 2.75) is 25.8 Å². The molecule has 0 spiro atoms. The number of benzene rings is 1. The zero-order chi connectivity index (χ0) is 25.4. The first-order chi connectivity index (χ1) is 18.2. The minimum atomic E-state index is 0.0421. The minimum absolute atomic E-state index is 0.0421. The Balaban J connectivity index is 1.65. The van der Waals surface area contributed by atoms with E-state index < -0.39 is 0 Å². The van der Waals surface area contributed by atoms with Crippen molar-refractivity contribution in [3.05, 3.63) is 66.0 Å². The third-order valence-corrected chi connectivity index (χ3v) is 7.30. The number of rotatable bonds is 7. The zero-order valence-corrected chi connectivity index (χ0v) is 21.1. The molecule has 1 aliphatic heterocycles. The van der Waals surface area contributed by atoms with Crippen molar-refractivity contribution >= 4 is 27.9 Å². The average molecular weight is 498 g/mol. The summed E-state index contributed by atoms with van der Waals surface area (Å²) < 4.78 is 9.92. The third-order valence-electron chi connectivity index (χ3n) is 7.30. The number of fused-ring (bicyclic) bond motifs is 3. The van der Waals surface area contributed by atoms with Gasteiger partial charge in [-0.25, -0.2) is 9.67 Å². The first kappa shape index (κ1) is 23.6. The molecular weight excluding hydrogens is 466 g/mol. The molecule has 1 unspecified atom stereocenters. The average Bonchev–Trinajstić information content (AvgIpc) is 3.44. The maximum absolute atomic E-state index is 9.35. The summed E-state index contributed by atoms with van der Waals surface area (Å²) in [6.45, 7) is 3.96. The Hall–Kier alpha value is -3.82. The topological polar surface area (TPSA) is 103 Å². The number of aromatic nitrogens is 6. The maximum Gasteiger partial charge on any atom is 0.145 e. The predicted molar refractivity (Wildman–Crippen MR) is 143 cm³/mol. The molecule has 0 aliphatic carbocycles. The van der Waals surface area contributed by atoms with Gasteiger partial charge in [0, 0.05) is 44.0 Å².